The van der Waals surface area contributed by atoms with Crippen LogP contribution in [0.25, 0.3) is 5.70 Å². The highest BCUT2D eigenvalue weighted by Gasteiger charge is 2.34. The Morgan fingerprint density at radius 2 is 1.83 bits per heavy atom. The molecule has 1 aliphatic carbocycles. The largest absolute Gasteiger partial charge is 0.491 e. The number of aliphatic hydroxyl groups excluding tert-OH is 1. The van der Waals surface area contributed by atoms with Crippen LogP contribution in [0.5, 0.6) is 0 Å². The number of hydrogen-bond donors (Lipinski definition) is 3. The molecule has 0 amide bonds. The fourth-order valence-corrected chi connectivity index (χ4v) is 5.91. The zero-order chi connectivity index (χ0) is 29.5. The van der Waals surface area contributed by atoms with Gasteiger partial charge in [0, 0.05) is 49.9 Å². The molecule has 1 unspecified atom stereocenters. The molecule has 3 heterocycles. The number of aliphatic hydroxyl groups is 1. The third-order valence-electron chi connectivity index (χ3n) is 8.38. The Morgan fingerprint density at radius 1 is 1.10 bits per heavy atom. The number of nitrogens with two attached hydrogens (primary N) is 1. The van der Waals surface area contributed by atoms with E-state index < -0.39 is 0 Å². The molecule has 2 aliphatic heterocycles. The lowest BCUT2D eigenvalue weighted by molar-refractivity contribution is 0.0650. The number of piperazine rings is 1. The van der Waals surface area contributed by atoms with Crippen LogP contribution in [0.3, 0.4) is 0 Å². The first-order chi connectivity index (χ1) is 19.7. The molecule has 3 aliphatic rings. The lowest BCUT2D eigenvalue weighted by Gasteiger charge is -2.48. The molecular formula is C32H51N7O2. The standard InChI is InChI=1S/C32H51N7O2/c1-7-28-21-38(32-24(5)35-30(31(33)36-32)23(4)34-27-10-11-27)16-17-39(28)29-12-14-37(15-13-29)20-26(9-8-22(2)3)25(6)41-19-18-40/h8-9,27-29,34,40H,4,6-7,10-21H2,1-3,5H3,(H2,33,36)/b26-9-. The summed E-state index contributed by atoms with van der Waals surface area (Å²) in [5.41, 5.74) is 11.1. The Labute approximate surface area is 246 Å². The number of hydrogen-bond acceptors (Lipinski definition) is 9. The van der Waals surface area contributed by atoms with E-state index >= 15 is 0 Å². The molecule has 4 rings (SSSR count). The van der Waals surface area contributed by atoms with Gasteiger partial charge in [0.25, 0.3) is 0 Å². The van der Waals surface area contributed by atoms with E-state index in [4.69, 9.17) is 25.5 Å². The number of allylic oxidation sites excluding steroid dienone is 3. The first-order valence-electron chi connectivity index (χ1n) is 15.3. The van der Waals surface area contributed by atoms with E-state index in [1.54, 1.807) is 0 Å². The summed E-state index contributed by atoms with van der Waals surface area (Å²) in [6.45, 7) is 22.8. The van der Waals surface area contributed by atoms with Crippen molar-refractivity contribution < 1.29 is 9.84 Å². The highest BCUT2D eigenvalue weighted by atomic mass is 16.5. The van der Waals surface area contributed by atoms with Crippen LogP contribution >= 0.6 is 0 Å². The second-order valence-corrected chi connectivity index (χ2v) is 11.9. The Hall–Kier alpha value is -2.88. The lowest BCUT2D eigenvalue weighted by Crippen LogP contribution is -2.58. The zero-order valence-electron chi connectivity index (χ0n) is 25.7. The monoisotopic (exact) mass is 565 g/mol. The van der Waals surface area contributed by atoms with Gasteiger partial charge in [-0.3, -0.25) is 9.80 Å². The highest BCUT2D eigenvalue weighted by Crippen LogP contribution is 2.30. The van der Waals surface area contributed by atoms with Gasteiger partial charge in [0.1, 0.15) is 18.1 Å². The van der Waals surface area contributed by atoms with Crippen LogP contribution in [-0.4, -0.2) is 95.5 Å². The van der Waals surface area contributed by atoms with Crippen LogP contribution < -0.4 is 16.0 Å². The maximum atomic E-state index is 9.16. The van der Waals surface area contributed by atoms with Gasteiger partial charge in [-0.15, -0.1) is 0 Å². The number of likely N-dealkylation sites (tertiary alicyclic amines) is 1. The molecule has 2 saturated heterocycles. The molecular weight excluding hydrogens is 514 g/mol. The van der Waals surface area contributed by atoms with Gasteiger partial charge in [-0.1, -0.05) is 37.8 Å². The van der Waals surface area contributed by atoms with Crippen molar-refractivity contribution in [2.75, 3.05) is 63.1 Å². The van der Waals surface area contributed by atoms with Gasteiger partial charge in [-0.2, -0.15) is 0 Å². The van der Waals surface area contributed by atoms with Gasteiger partial charge in [-0.05, 0) is 66.0 Å². The summed E-state index contributed by atoms with van der Waals surface area (Å²) in [5, 5.41) is 12.6. The van der Waals surface area contributed by atoms with E-state index in [9.17, 15) is 0 Å². The summed E-state index contributed by atoms with van der Waals surface area (Å²) in [6.07, 6.45) is 9.95. The molecule has 0 radical (unpaired) electrons. The van der Waals surface area contributed by atoms with E-state index in [1.807, 2.05) is 6.92 Å². The van der Waals surface area contributed by atoms with Gasteiger partial charge in [0.15, 0.2) is 11.6 Å². The van der Waals surface area contributed by atoms with Crippen molar-refractivity contribution in [1.82, 2.24) is 25.1 Å². The minimum absolute atomic E-state index is 0.00928. The van der Waals surface area contributed by atoms with Gasteiger partial charge in [-0.25, -0.2) is 9.97 Å². The SMILES string of the molecule is C=C(OCCO)/C(=C\C=C(C)C)CN1CCC(N2CCN(c3nc(N)c(C(=C)NC4CC4)nc3C)CC2CC)CC1. The van der Waals surface area contributed by atoms with Crippen LogP contribution in [0.4, 0.5) is 11.6 Å². The second kappa shape index (κ2) is 14.3. The van der Waals surface area contributed by atoms with Gasteiger partial charge >= 0.3 is 0 Å². The second-order valence-electron chi connectivity index (χ2n) is 11.9. The van der Waals surface area contributed by atoms with Crippen LogP contribution in [0, 0.1) is 6.92 Å². The number of anilines is 2. The average molecular weight is 566 g/mol. The lowest BCUT2D eigenvalue weighted by atomic mass is 9.97. The Kier molecular flexibility index (Phi) is 10.9. The zero-order valence-corrected chi connectivity index (χ0v) is 25.7. The number of nitrogen functional groups attached to an aromatic ring is 1. The van der Waals surface area contributed by atoms with E-state index in [0.29, 0.717) is 35.4 Å². The highest BCUT2D eigenvalue weighted by molar-refractivity contribution is 5.69. The van der Waals surface area contributed by atoms with E-state index in [-0.39, 0.29) is 13.2 Å². The number of piperidine rings is 1. The number of ether oxygens (including phenoxy) is 1. The molecule has 3 fully saturated rings. The van der Waals surface area contributed by atoms with Crippen molar-refractivity contribution in [2.45, 2.75) is 77.9 Å². The molecule has 41 heavy (non-hydrogen) atoms. The van der Waals surface area contributed by atoms with Crippen molar-refractivity contribution in [2.24, 2.45) is 0 Å². The predicted molar refractivity (Wildman–Crippen MR) is 169 cm³/mol. The fraction of sp³-hybridized carbons (Fsp3) is 0.625. The van der Waals surface area contributed by atoms with E-state index in [1.165, 1.54) is 18.4 Å². The van der Waals surface area contributed by atoms with Crippen LogP contribution in [0.15, 0.2) is 42.2 Å². The average Bonchev–Trinajstić information content (AvgIpc) is 3.78. The smallest absolute Gasteiger partial charge is 0.154 e. The Morgan fingerprint density at radius 3 is 2.46 bits per heavy atom. The molecule has 9 nitrogen and oxygen atoms in total. The molecule has 4 N–H and O–H groups in total. The first kappa shape index (κ1) is 31.1. The van der Waals surface area contributed by atoms with Crippen molar-refractivity contribution in [3.05, 3.63) is 53.6 Å². The molecule has 1 atom stereocenters. The molecule has 1 aromatic rings. The number of rotatable bonds is 13. The number of nitrogens with one attached hydrogen (secondary N) is 1. The Balaban J connectivity index is 1.34. The summed E-state index contributed by atoms with van der Waals surface area (Å²) in [7, 11) is 0. The van der Waals surface area contributed by atoms with Crippen molar-refractivity contribution in [3.63, 3.8) is 0 Å². The van der Waals surface area contributed by atoms with Gasteiger partial charge < -0.3 is 25.8 Å². The molecule has 9 heteroatoms. The molecule has 1 aromatic heterocycles. The summed E-state index contributed by atoms with van der Waals surface area (Å²) in [6, 6.07) is 1.54. The molecule has 0 aromatic carbocycles. The van der Waals surface area contributed by atoms with Crippen molar-refractivity contribution in [3.8, 4) is 0 Å². The topological polar surface area (TPSA) is 103 Å². The third kappa shape index (κ3) is 8.33. The summed E-state index contributed by atoms with van der Waals surface area (Å²) < 4.78 is 5.66. The summed E-state index contributed by atoms with van der Waals surface area (Å²) in [5.74, 6) is 2.00. The normalized spacial score (nSPS) is 21.0. The van der Waals surface area contributed by atoms with E-state index in [0.717, 1.165) is 81.3 Å². The van der Waals surface area contributed by atoms with Gasteiger partial charge in [0.05, 0.1) is 18.0 Å². The summed E-state index contributed by atoms with van der Waals surface area (Å²) >= 11 is 0. The summed E-state index contributed by atoms with van der Waals surface area (Å²) in [4.78, 5) is 17.3. The Bertz CT molecular complexity index is 1130. The maximum Gasteiger partial charge on any atom is 0.154 e. The fourth-order valence-electron chi connectivity index (χ4n) is 5.91. The number of aromatic nitrogens is 2. The van der Waals surface area contributed by atoms with E-state index in [2.05, 4.69) is 66.1 Å². The van der Waals surface area contributed by atoms with Crippen molar-refractivity contribution in [1.29, 1.82) is 0 Å². The minimum Gasteiger partial charge on any atom is -0.491 e. The van der Waals surface area contributed by atoms with Crippen molar-refractivity contribution >= 4 is 17.3 Å². The van der Waals surface area contributed by atoms with Crippen LogP contribution in [0.1, 0.15) is 64.3 Å². The van der Waals surface area contributed by atoms with Gasteiger partial charge in [0.2, 0.25) is 0 Å². The molecule has 0 spiro atoms. The van der Waals surface area contributed by atoms with Crippen LogP contribution in [0.2, 0.25) is 0 Å². The maximum absolute atomic E-state index is 9.16. The number of aryl methyl sites for hydroxylation is 1. The third-order valence-corrected chi connectivity index (χ3v) is 8.38. The minimum atomic E-state index is -0.00928. The molecule has 226 valence electrons. The molecule has 1 saturated carbocycles. The first-order valence-corrected chi connectivity index (χ1v) is 15.3. The molecule has 0 bridgehead atoms. The predicted octanol–water partition coefficient (Wildman–Crippen LogP) is 3.87. The van der Waals surface area contributed by atoms with Crippen LogP contribution in [-0.2, 0) is 4.74 Å². The number of nitrogens with zero attached hydrogens (tertiary/aromatic N) is 5. The quantitative estimate of drug-likeness (QED) is 0.243.